The summed E-state index contributed by atoms with van der Waals surface area (Å²) in [7, 11) is -3.95. The van der Waals surface area contributed by atoms with Crippen molar-refractivity contribution in [2.45, 2.75) is 37.6 Å². The standard InChI is InChI=1S/C13H18BrNO5S/c1-4-13(3,7-16)15-21(19,20)11-6-9(12(17)18)5-10(14)8(11)2/h5-6,15-16H,4,7H2,1-3H3,(H,17,18). The van der Waals surface area contributed by atoms with Crippen LogP contribution in [0.15, 0.2) is 21.5 Å². The average molecular weight is 380 g/mol. The van der Waals surface area contributed by atoms with Crippen LogP contribution in [0.4, 0.5) is 0 Å². The Kier molecular flexibility index (Phi) is 5.54. The minimum atomic E-state index is -3.95. The van der Waals surface area contributed by atoms with Crippen LogP contribution in [0.2, 0.25) is 0 Å². The van der Waals surface area contributed by atoms with E-state index in [0.717, 1.165) is 6.07 Å². The monoisotopic (exact) mass is 379 g/mol. The van der Waals surface area contributed by atoms with Crippen LogP contribution in [0.5, 0.6) is 0 Å². The molecule has 0 amide bonds. The number of nitrogens with one attached hydrogen (secondary N) is 1. The highest BCUT2D eigenvalue weighted by atomic mass is 79.9. The Morgan fingerprint density at radius 1 is 1.43 bits per heavy atom. The Balaban J connectivity index is 3.41. The number of aromatic carboxylic acids is 1. The number of halogens is 1. The predicted molar refractivity (Wildman–Crippen MR) is 81.9 cm³/mol. The summed E-state index contributed by atoms with van der Waals surface area (Å²) in [5, 5.41) is 18.4. The lowest BCUT2D eigenvalue weighted by atomic mass is 10.0. The van der Waals surface area contributed by atoms with E-state index >= 15 is 0 Å². The van der Waals surface area contributed by atoms with Crippen LogP contribution in [0.1, 0.15) is 36.2 Å². The van der Waals surface area contributed by atoms with E-state index in [4.69, 9.17) is 5.11 Å². The number of hydrogen-bond donors (Lipinski definition) is 3. The number of benzene rings is 1. The van der Waals surface area contributed by atoms with Crippen molar-refractivity contribution in [3.05, 3.63) is 27.7 Å². The molecule has 1 aromatic rings. The molecule has 0 radical (unpaired) electrons. The summed E-state index contributed by atoms with van der Waals surface area (Å²) in [6.07, 6.45) is 0.390. The molecule has 0 saturated carbocycles. The molecule has 1 rings (SSSR count). The van der Waals surface area contributed by atoms with Crippen molar-refractivity contribution in [2.24, 2.45) is 0 Å². The maximum atomic E-state index is 12.5. The number of aliphatic hydroxyl groups is 1. The summed E-state index contributed by atoms with van der Waals surface area (Å²) in [6.45, 7) is 4.54. The fourth-order valence-corrected chi connectivity index (χ4v) is 4.01. The molecule has 0 fully saturated rings. The van der Waals surface area contributed by atoms with Gasteiger partial charge in [0.2, 0.25) is 10.0 Å². The van der Waals surface area contributed by atoms with Crippen molar-refractivity contribution >= 4 is 31.9 Å². The molecule has 0 bridgehead atoms. The third-order valence-electron chi connectivity index (χ3n) is 3.34. The van der Waals surface area contributed by atoms with E-state index < -0.39 is 21.5 Å². The van der Waals surface area contributed by atoms with E-state index in [-0.39, 0.29) is 17.1 Å². The van der Waals surface area contributed by atoms with Gasteiger partial charge >= 0.3 is 5.97 Å². The second-order valence-corrected chi connectivity index (χ2v) is 7.57. The van der Waals surface area contributed by atoms with Gasteiger partial charge in [0.25, 0.3) is 0 Å². The molecule has 1 aromatic carbocycles. The zero-order valence-corrected chi connectivity index (χ0v) is 14.4. The number of carboxylic acids is 1. The van der Waals surface area contributed by atoms with Gasteiger partial charge in [0.05, 0.1) is 22.6 Å². The molecule has 0 aliphatic carbocycles. The molecule has 8 heteroatoms. The highest BCUT2D eigenvalue weighted by Crippen LogP contribution is 2.27. The summed E-state index contributed by atoms with van der Waals surface area (Å²) in [6, 6.07) is 2.46. The molecule has 0 spiro atoms. The van der Waals surface area contributed by atoms with Crippen LogP contribution in [0.25, 0.3) is 0 Å². The first kappa shape index (κ1) is 18.1. The topological polar surface area (TPSA) is 104 Å². The van der Waals surface area contributed by atoms with Crippen molar-refractivity contribution < 1.29 is 23.4 Å². The summed E-state index contributed by atoms with van der Waals surface area (Å²) in [5.74, 6) is -1.22. The lowest BCUT2D eigenvalue weighted by Gasteiger charge is -2.27. The van der Waals surface area contributed by atoms with Gasteiger partial charge in [-0.05, 0) is 38.0 Å². The molecule has 1 unspecified atom stereocenters. The second-order valence-electron chi connectivity index (χ2n) is 5.06. The number of sulfonamides is 1. The number of aliphatic hydroxyl groups excluding tert-OH is 1. The summed E-state index contributed by atoms with van der Waals surface area (Å²) >= 11 is 3.17. The van der Waals surface area contributed by atoms with Gasteiger partial charge in [-0.3, -0.25) is 0 Å². The molecule has 6 nitrogen and oxygen atoms in total. The first-order valence-electron chi connectivity index (χ1n) is 6.24. The Bertz CT molecular complexity index is 653. The van der Waals surface area contributed by atoms with Gasteiger partial charge in [0, 0.05) is 4.47 Å². The molecule has 0 saturated heterocycles. The van der Waals surface area contributed by atoms with E-state index in [2.05, 4.69) is 20.7 Å². The fraction of sp³-hybridized carbons (Fsp3) is 0.462. The van der Waals surface area contributed by atoms with E-state index in [0.29, 0.717) is 16.5 Å². The lowest BCUT2D eigenvalue weighted by molar-refractivity contribution is 0.0696. The molecule has 0 aliphatic heterocycles. The van der Waals surface area contributed by atoms with Crippen LogP contribution < -0.4 is 4.72 Å². The molecule has 0 aromatic heterocycles. The largest absolute Gasteiger partial charge is 0.478 e. The van der Waals surface area contributed by atoms with Gasteiger partial charge in [-0.15, -0.1) is 0 Å². The minimum Gasteiger partial charge on any atom is -0.478 e. The van der Waals surface area contributed by atoms with E-state index in [1.165, 1.54) is 6.07 Å². The van der Waals surface area contributed by atoms with Crippen molar-refractivity contribution in [3.63, 3.8) is 0 Å². The normalized spacial score (nSPS) is 14.7. The molecule has 3 N–H and O–H groups in total. The molecule has 21 heavy (non-hydrogen) atoms. The Morgan fingerprint density at radius 2 is 2.00 bits per heavy atom. The minimum absolute atomic E-state index is 0.123. The van der Waals surface area contributed by atoms with E-state index in [1.54, 1.807) is 20.8 Å². The molecule has 1 atom stereocenters. The lowest BCUT2D eigenvalue weighted by Crippen LogP contribution is -2.48. The van der Waals surface area contributed by atoms with Crippen molar-refractivity contribution in [1.29, 1.82) is 0 Å². The number of hydrogen-bond acceptors (Lipinski definition) is 4. The Morgan fingerprint density at radius 3 is 2.43 bits per heavy atom. The highest BCUT2D eigenvalue weighted by molar-refractivity contribution is 9.10. The number of rotatable bonds is 6. The molecule has 0 heterocycles. The Labute approximate surface area is 132 Å². The smallest absolute Gasteiger partial charge is 0.335 e. The summed E-state index contributed by atoms with van der Waals surface area (Å²) in [5.41, 5.74) is -0.726. The van der Waals surface area contributed by atoms with Crippen LogP contribution in [-0.2, 0) is 10.0 Å². The van der Waals surface area contributed by atoms with Gasteiger partial charge < -0.3 is 10.2 Å². The fourth-order valence-electron chi connectivity index (χ4n) is 1.65. The van der Waals surface area contributed by atoms with Crippen LogP contribution in [0, 0.1) is 6.92 Å². The van der Waals surface area contributed by atoms with Gasteiger partial charge in [-0.2, -0.15) is 0 Å². The van der Waals surface area contributed by atoms with E-state index in [9.17, 15) is 18.3 Å². The van der Waals surface area contributed by atoms with E-state index in [1.807, 2.05) is 0 Å². The first-order chi connectivity index (χ1) is 9.56. The quantitative estimate of drug-likeness (QED) is 0.699. The van der Waals surface area contributed by atoms with Crippen molar-refractivity contribution in [2.75, 3.05) is 6.61 Å². The number of carbonyl (C=O) groups is 1. The second kappa shape index (κ2) is 6.43. The van der Waals surface area contributed by atoms with Crippen LogP contribution in [0.3, 0.4) is 0 Å². The third kappa shape index (κ3) is 4.03. The third-order valence-corrected chi connectivity index (χ3v) is 5.93. The SMILES string of the molecule is CCC(C)(CO)NS(=O)(=O)c1cc(C(=O)O)cc(Br)c1C. The zero-order chi connectivity index (χ0) is 16.4. The average Bonchev–Trinajstić information content (AvgIpc) is 2.40. The number of carboxylic acid groups (broad SMARTS) is 1. The summed E-state index contributed by atoms with van der Waals surface area (Å²) < 4.78 is 27.8. The molecule has 0 aliphatic rings. The predicted octanol–water partition coefficient (Wildman–Crippen LogP) is 1.90. The van der Waals surface area contributed by atoms with Crippen LogP contribution >= 0.6 is 15.9 Å². The van der Waals surface area contributed by atoms with Crippen LogP contribution in [-0.4, -0.2) is 36.7 Å². The van der Waals surface area contributed by atoms with Gasteiger partial charge in [0.1, 0.15) is 0 Å². The van der Waals surface area contributed by atoms with Gasteiger partial charge in [0.15, 0.2) is 0 Å². The maximum absolute atomic E-state index is 12.5. The molecule has 118 valence electrons. The first-order valence-corrected chi connectivity index (χ1v) is 8.52. The Hall–Kier alpha value is -0.960. The maximum Gasteiger partial charge on any atom is 0.335 e. The summed E-state index contributed by atoms with van der Waals surface area (Å²) in [4.78, 5) is 10.9. The highest BCUT2D eigenvalue weighted by Gasteiger charge is 2.30. The molecular weight excluding hydrogens is 362 g/mol. The van der Waals surface area contributed by atoms with Crippen molar-refractivity contribution in [1.82, 2.24) is 4.72 Å². The zero-order valence-electron chi connectivity index (χ0n) is 12.0. The molecular formula is C13H18BrNO5S. The van der Waals surface area contributed by atoms with Gasteiger partial charge in [-0.25, -0.2) is 17.9 Å². The van der Waals surface area contributed by atoms with Gasteiger partial charge in [-0.1, -0.05) is 22.9 Å². The van der Waals surface area contributed by atoms with Crippen molar-refractivity contribution in [3.8, 4) is 0 Å².